The highest BCUT2D eigenvalue weighted by Crippen LogP contribution is 2.38. The van der Waals surface area contributed by atoms with Gasteiger partial charge < -0.3 is 10.2 Å². The first-order chi connectivity index (χ1) is 23.4. The first kappa shape index (κ1) is 35.9. The molecule has 0 heterocycles. The number of hydrogen-bond donors (Lipinski definition) is 1. The quantitative estimate of drug-likeness (QED) is 0.164. The molecule has 1 aliphatic carbocycles. The fourth-order valence-electron chi connectivity index (χ4n) is 6.01. The first-order valence-corrected chi connectivity index (χ1v) is 17.9. The van der Waals surface area contributed by atoms with E-state index in [4.69, 9.17) is 11.6 Å². The number of nitrogens with zero attached hydrogens (tertiary/aromatic N) is 2. The fraction of sp³-hybridized carbons (Fsp3) is 0.297. The zero-order valence-electron chi connectivity index (χ0n) is 26.7. The molecule has 4 aromatic carbocycles. The van der Waals surface area contributed by atoms with Crippen molar-refractivity contribution in [3.63, 3.8) is 0 Å². The van der Waals surface area contributed by atoms with Gasteiger partial charge in [-0.3, -0.25) is 13.9 Å². The zero-order chi connectivity index (χ0) is 35.0. The summed E-state index contributed by atoms with van der Waals surface area (Å²) in [5, 5.41) is 2.51. The predicted octanol–water partition coefficient (Wildman–Crippen LogP) is 7.64. The minimum absolute atomic E-state index is 0.0527. The van der Waals surface area contributed by atoms with Crippen molar-refractivity contribution < 1.29 is 31.2 Å². The van der Waals surface area contributed by atoms with Gasteiger partial charge in [-0.15, -0.1) is 0 Å². The zero-order valence-corrected chi connectivity index (χ0v) is 28.2. The molecule has 12 heteroatoms. The average Bonchev–Trinajstić information content (AvgIpc) is 3.10. The number of halogens is 4. The summed E-state index contributed by atoms with van der Waals surface area (Å²) >= 11 is 5.89. The van der Waals surface area contributed by atoms with Crippen molar-refractivity contribution in [3.8, 4) is 0 Å². The van der Waals surface area contributed by atoms with Gasteiger partial charge >= 0.3 is 6.18 Å². The molecule has 1 aliphatic rings. The minimum atomic E-state index is -4.89. The van der Waals surface area contributed by atoms with Crippen LogP contribution in [0.2, 0.25) is 5.02 Å². The van der Waals surface area contributed by atoms with Gasteiger partial charge in [-0.05, 0) is 54.3 Å². The Bertz CT molecular complexity index is 1820. The van der Waals surface area contributed by atoms with E-state index in [2.05, 4.69) is 5.32 Å². The summed E-state index contributed by atoms with van der Waals surface area (Å²) < 4.78 is 70.8. The number of benzene rings is 4. The van der Waals surface area contributed by atoms with Crippen LogP contribution in [0, 0.1) is 0 Å². The maximum absolute atomic E-state index is 14.6. The predicted molar refractivity (Wildman–Crippen MR) is 183 cm³/mol. The molecule has 4 aromatic rings. The van der Waals surface area contributed by atoms with Crippen LogP contribution in [-0.2, 0) is 38.8 Å². The number of hydrogen-bond acceptors (Lipinski definition) is 4. The number of amides is 2. The molecule has 1 fully saturated rings. The van der Waals surface area contributed by atoms with Crippen LogP contribution in [0.15, 0.2) is 114 Å². The Kier molecular flexibility index (Phi) is 11.7. The molecule has 0 spiro atoms. The van der Waals surface area contributed by atoms with Crippen LogP contribution in [0.1, 0.15) is 48.8 Å². The molecule has 0 aromatic heterocycles. The maximum atomic E-state index is 14.6. The third-order valence-corrected chi connectivity index (χ3v) is 10.7. The largest absolute Gasteiger partial charge is 0.417 e. The molecule has 0 aliphatic heterocycles. The Balaban J connectivity index is 1.59. The van der Waals surface area contributed by atoms with E-state index in [1.165, 1.54) is 29.2 Å². The van der Waals surface area contributed by atoms with Crippen molar-refractivity contribution >= 4 is 39.1 Å². The van der Waals surface area contributed by atoms with E-state index in [9.17, 15) is 31.2 Å². The smallest absolute Gasteiger partial charge is 0.352 e. The van der Waals surface area contributed by atoms with Crippen LogP contribution < -0.4 is 9.62 Å². The second kappa shape index (κ2) is 15.9. The monoisotopic (exact) mass is 711 g/mol. The van der Waals surface area contributed by atoms with Crippen molar-refractivity contribution in [2.45, 2.75) is 68.2 Å². The minimum Gasteiger partial charge on any atom is -0.352 e. The fourth-order valence-corrected chi connectivity index (χ4v) is 7.66. The van der Waals surface area contributed by atoms with Crippen LogP contribution in [0.25, 0.3) is 0 Å². The number of carbonyl (C=O) groups is 2. The van der Waals surface area contributed by atoms with Gasteiger partial charge in [0.2, 0.25) is 11.8 Å². The summed E-state index contributed by atoms with van der Waals surface area (Å²) in [5.41, 5.74) is -0.191. The Hall–Kier alpha value is -4.35. The van der Waals surface area contributed by atoms with Crippen molar-refractivity contribution in [1.29, 1.82) is 0 Å². The Morgan fingerprint density at radius 2 is 1.39 bits per heavy atom. The molecule has 2 amide bonds. The van der Waals surface area contributed by atoms with Crippen LogP contribution in [-0.4, -0.2) is 43.8 Å². The summed E-state index contributed by atoms with van der Waals surface area (Å²) in [7, 11) is -4.58. The van der Waals surface area contributed by atoms with Crippen LogP contribution >= 0.6 is 11.6 Å². The normalized spacial score (nSPS) is 14.5. The third-order valence-electron chi connectivity index (χ3n) is 8.57. The molecule has 0 saturated heterocycles. The summed E-state index contributed by atoms with van der Waals surface area (Å²) in [6, 6.07) is 26.8. The number of rotatable bonds is 12. The van der Waals surface area contributed by atoms with Crippen molar-refractivity contribution in [2.75, 3.05) is 10.8 Å². The number of carbonyl (C=O) groups excluding carboxylic acids is 2. The Morgan fingerprint density at radius 3 is 1.98 bits per heavy atom. The standard InChI is InChI=1S/C37H37ClF3N3O4S/c38-33-22-21-30(24-32(33)37(39,40)41)44(49(47,48)31-19-11-4-12-20-31)26-35(45)43(25-28-15-7-2-8-16-28)34(23-27-13-5-1-6-14-27)36(46)42-29-17-9-3-10-18-29/h1-2,4-8,11-16,19-22,24,29,34H,3,9-10,17-18,23,25-26H2,(H,42,46)/t34-/m0/s1. The summed E-state index contributed by atoms with van der Waals surface area (Å²) in [5.74, 6) is -1.16. The second-order valence-corrected chi connectivity index (χ2v) is 14.3. The topological polar surface area (TPSA) is 86.8 Å². The van der Waals surface area contributed by atoms with Gasteiger partial charge in [0.25, 0.3) is 10.0 Å². The van der Waals surface area contributed by atoms with Crippen LogP contribution in [0.4, 0.5) is 18.9 Å². The Morgan fingerprint density at radius 1 is 0.816 bits per heavy atom. The highest BCUT2D eigenvalue weighted by atomic mass is 35.5. The number of alkyl halides is 3. The second-order valence-electron chi connectivity index (χ2n) is 12.0. The highest BCUT2D eigenvalue weighted by Gasteiger charge is 2.38. The van der Waals surface area contributed by atoms with E-state index in [0.717, 1.165) is 49.8 Å². The molecule has 5 rings (SSSR count). The molecule has 0 radical (unpaired) electrons. The highest BCUT2D eigenvalue weighted by molar-refractivity contribution is 7.92. The van der Waals surface area contributed by atoms with E-state index in [1.54, 1.807) is 36.4 Å². The average molecular weight is 712 g/mol. The summed E-state index contributed by atoms with van der Waals surface area (Å²) in [4.78, 5) is 29.8. The van der Waals surface area contributed by atoms with Gasteiger partial charge in [0.15, 0.2) is 0 Å². The van der Waals surface area contributed by atoms with E-state index >= 15 is 0 Å². The molecular formula is C37H37ClF3N3O4S. The molecule has 1 atom stereocenters. The first-order valence-electron chi connectivity index (χ1n) is 16.1. The lowest BCUT2D eigenvalue weighted by Crippen LogP contribution is -2.55. The third kappa shape index (κ3) is 9.21. The van der Waals surface area contributed by atoms with Crippen molar-refractivity contribution in [3.05, 3.63) is 131 Å². The molecule has 1 saturated carbocycles. The van der Waals surface area contributed by atoms with E-state index in [0.29, 0.717) is 15.9 Å². The molecule has 0 bridgehead atoms. The van der Waals surface area contributed by atoms with Crippen molar-refractivity contribution in [2.24, 2.45) is 0 Å². The van der Waals surface area contributed by atoms with E-state index in [1.807, 2.05) is 30.3 Å². The van der Waals surface area contributed by atoms with Gasteiger partial charge in [0, 0.05) is 19.0 Å². The molecular weight excluding hydrogens is 675 g/mol. The van der Waals surface area contributed by atoms with Crippen molar-refractivity contribution in [1.82, 2.24) is 10.2 Å². The summed E-state index contributed by atoms with van der Waals surface area (Å²) in [6.45, 7) is -0.937. The van der Waals surface area contributed by atoms with E-state index in [-0.39, 0.29) is 29.8 Å². The lowest BCUT2D eigenvalue weighted by Gasteiger charge is -2.35. The maximum Gasteiger partial charge on any atom is 0.417 e. The van der Waals surface area contributed by atoms with Gasteiger partial charge in [0.05, 0.1) is 21.2 Å². The number of sulfonamides is 1. The lowest BCUT2D eigenvalue weighted by atomic mass is 9.94. The van der Waals surface area contributed by atoms with Gasteiger partial charge in [0.1, 0.15) is 12.6 Å². The molecule has 1 N–H and O–H groups in total. The molecule has 258 valence electrons. The molecule has 0 unspecified atom stereocenters. The van der Waals surface area contributed by atoms with Gasteiger partial charge in [-0.2, -0.15) is 13.2 Å². The lowest BCUT2D eigenvalue weighted by molar-refractivity contribution is -0.140. The molecule has 49 heavy (non-hydrogen) atoms. The Labute approximate surface area is 289 Å². The number of anilines is 1. The number of nitrogens with one attached hydrogen (secondary N) is 1. The van der Waals surface area contributed by atoms with Gasteiger partial charge in [-0.1, -0.05) is 110 Å². The van der Waals surface area contributed by atoms with Crippen LogP contribution in [0.5, 0.6) is 0 Å². The van der Waals surface area contributed by atoms with Gasteiger partial charge in [-0.25, -0.2) is 8.42 Å². The molecule has 7 nitrogen and oxygen atoms in total. The van der Waals surface area contributed by atoms with E-state index < -0.39 is 51.0 Å². The SMILES string of the molecule is O=C(NC1CCCCC1)[C@H](Cc1ccccc1)N(Cc1ccccc1)C(=O)CN(c1ccc(Cl)c(C(F)(F)F)c1)S(=O)(=O)c1ccccc1. The summed E-state index contributed by atoms with van der Waals surface area (Å²) in [6.07, 6.45) is -0.151. The van der Waals surface area contributed by atoms with Crippen LogP contribution in [0.3, 0.4) is 0 Å².